The van der Waals surface area contributed by atoms with E-state index in [1.807, 2.05) is 15.8 Å². The van der Waals surface area contributed by atoms with Crippen LogP contribution < -0.4 is 0 Å². The number of fused-ring (bicyclic) bond motifs is 1. The van der Waals surface area contributed by atoms with Crippen molar-refractivity contribution in [3.8, 4) is 5.69 Å². The van der Waals surface area contributed by atoms with Crippen LogP contribution in [0.5, 0.6) is 0 Å². The van der Waals surface area contributed by atoms with Crippen molar-refractivity contribution in [1.29, 1.82) is 0 Å². The Hall–Kier alpha value is -2.43. The zero-order valence-corrected chi connectivity index (χ0v) is 16.9. The van der Waals surface area contributed by atoms with Crippen LogP contribution in [0.3, 0.4) is 0 Å². The first-order valence-corrected chi connectivity index (χ1v) is 10.4. The number of amides is 1. The fourth-order valence-electron chi connectivity index (χ4n) is 4.93. The summed E-state index contributed by atoms with van der Waals surface area (Å²) in [5.74, 6) is 0.256. The van der Waals surface area contributed by atoms with Crippen LogP contribution in [0.25, 0.3) is 5.69 Å². The molecular weight excluding hydrogens is 353 g/mol. The van der Waals surface area contributed by atoms with E-state index in [-0.39, 0.29) is 23.6 Å². The Morgan fingerprint density at radius 2 is 2.04 bits per heavy atom. The molecule has 148 valence electrons. The first-order chi connectivity index (χ1) is 13.5. The third-order valence-electron chi connectivity index (χ3n) is 6.29. The number of hydrogen-bond acceptors (Lipinski definition) is 2. The van der Waals surface area contributed by atoms with E-state index in [1.165, 1.54) is 34.5 Å². The van der Waals surface area contributed by atoms with Gasteiger partial charge in [-0.1, -0.05) is 25.0 Å². The van der Waals surface area contributed by atoms with E-state index >= 15 is 0 Å². The lowest BCUT2D eigenvalue weighted by atomic mass is 9.79. The van der Waals surface area contributed by atoms with E-state index in [9.17, 15) is 9.18 Å². The number of carbonyl (C=O) groups excluding carboxylic acids is 1. The average molecular weight is 381 g/mol. The fraction of sp³-hybridized carbons (Fsp3) is 0.478. The second-order valence-electron chi connectivity index (χ2n) is 7.90. The predicted molar refractivity (Wildman–Crippen MR) is 108 cm³/mol. The van der Waals surface area contributed by atoms with Gasteiger partial charge < -0.3 is 4.90 Å². The van der Waals surface area contributed by atoms with Crippen LogP contribution in [-0.4, -0.2) is 33.7 Å². The molecule has 0 aliphatic heterocycles. The van der Waals surface area contributed by atoms with Crippen molar-refractivity contribution < 1.29 is 9.18 Å². The lowest BCUT2D eigenvalue weighted by Gasteiger charge is -2.30. The molecule has 1 aromatic carbocycles. The summed E-state index contributed by atoms with van der Waals surface area (Å²) in [4.78, 5) is 15.2. The molecule has 0 saturated heterocycles. The van der Waals surface area contributed by atoms with E-state index < -0.39 is 0 Å². The van der Waals surface area contributed by atoms with Crippen molar-refractivity contribution in [3.63, 3.8) is 0 Å². The van der Waals surface area contributed by atoms with Crippen molar-refractivity contribution in [2.75, 3.05) is 13.1 Å². The molecule has 0 bridgehead atoms. The predicted octanol–water partition coefficient (Wildman–Crippen LogP) is 4.64. The fourth-order valence-corrected chi connectivity index (χ4v) is 4.93. The molecule has 1 amide bonds. The summed E-state index contributed by atoms with van der Waals surface area (Å²) in [6, 6.07) is 6.47. The quantitative estimate of drug-likeness (QED) is 0.708. The summed E-state index contributed by atoms with van der Waals surface area (Å²) >= 11 is 0. The monoisotopic (exact) mass is 381 g/mol. The second kappa shape index (κ2) is 7.53. The number of rotatable bonds is 5. The Kier molecular flexibility index (Phi) is 5.09. The molecule has 4 rings (SSSR count). The van der Waals surface area contributed by atoms with E-state index in [0.29, 0.717) is 0 Å². The van der Waals surface area contributed by atoms with Crippen molar-refractivity contribution in [1.82, 2.24) is 14.7 Å². The van der Waals surface area contributed by atoms with Gasteiger partial charge >= 0.3 is 0 Å². The van der Waals surface area contributed by atoms with Gasteiger partial charge in [0.1, 0.15) is 5.82 Å². The molecule has 0 saturated carbocycles. The maximum Gasteiger partial charge on any atom is 0.229 e. The smallest absolute Gasteiger partial charge is 0.229 e. The van der Waals surface area contributed by atoms with Crippen LogP contribution in [0.4, 0.5) is 4.39 Å². The Morgan fingerprint density at radius 3 is 2.71 bits per heavy atom. The minimum atomic E-state index is -0.243. The Morgan fingerprint density at radius 1 is 1.29 bits per heavy atom. The first-order valence-electron chi connectivity index (χ1n) is 10.4. The van der Waals surface area contributed by atoms with Crippen LogP contribution in [-0.2, 0) is 11.2 Å². The minimum absolute atomic E-state index is 0.0128. The van der Waals surface area contributed by atoms with Gasteiger partial charge in [0.2, 0.25) is 5.91 Å². The molecule has 28 heavy (non-hydrogen) atoms. The highest BCUT2D eigenvalue weighted by Gasteiger charge is 2.40. The van der Waals surface area contributed by atoms with Crippen LogP contribution in [0.1, 0.15) is 57.2 Å². The van der Waals surface area contributed by atoms with Crippen molar-refractivity contribution >= 4 is 5.91 Å². The minimum Gasteiger partial charge on any atom is -0.342 e. The van der Waals surface area contributed by atoms with Crippen LogP contribution in [0.15, 0.2) is 41.6 Å². The highest BCUT2D eigenvalue weighted by atomic mass is 19.1. The van der Waals surface area contributed by atoms with E-state index in [1.54, 1.807) is 12.1 Å². The molecule has 1 aromatic heterocycles. The van der Waals surface area contributed by atoms with Crippen LogP contribution >= 0.6 is 0 Å². The number of hydrogen-bond donors (Lipinski definition) is 0. The van der Waals surface area contributed by atoms with Crippen LogP contribution in [0.2, 0.25) is 0 Å². The van der Waals surface area contributed by atoms with Gasteiger partial charge in [-0.2, -0.15) is 5.10 Å². The van der Waals surface area contributed by atoms with Crippen molar-refractivity contribution in [2.24, 2.45) is 5.92 Å². The second-order valence-corrected chi connectivity index (χ2v) is 7.90. The van der Waals surface area contributed by atoms with Gasteiger partial charge in [0.25, 0.3) is 0 Å². The third kappa shape index (κ3) is 3.07. The van der Waals surface area contributed by atoms with Gasteiger partial charge in [0.05, 0.1) is 23.5 Å². The number of halogens is 1. The number of nitrogens with zero attached hydrogens (tertiary/aromatic N) is 3. The number of aromatic nitrogens is 2. The topological polar surface area (TPSA) is 38.1 Å². The van der Waals surface area contributed by atoms with E-state index in [2.05, 4.69) is 25.9 Å². The molecule has 0 fully saturated rings. The maximum atomic E-state index is 13.3. The summed E-state index contributed by atoms with van der Waals surface area (Å²) in [6.45, 7) is 7.98. The Balaban J connectivity index is 1.65. The van der Waals surface area contributed by atoms with Gasteiger partial charge in [-0.3, -0.25) is 4.79 Å². The number of carbonyl (C=O) groups is 1. The number of benzene rings is 1. The molecule has 1 heterocycles. The average Bonchev–Trinajstić information content (AvgIpc) is 3.31. The van der Waals surface area contributed by atoms with Gasteiger partial charge in [-0.25, -0.2) is 9.07 Å². The molecule has 0 radical (unpaired) electrons. The summed E-state index contributed by atoms with van der Waals surface area (Å²) < 4.78 is 15.2. The summed E-state index contributed by atoms with van der Waals surface area (Å²) in [5, 5.41) is 4.60. The van der Waals surface area contributed by atoms with Gasteiger partial charge in [0.15, 0.2) is 0 Å². The van der Waals surface area contributed by atoms with Crippen molar-refractivity contribution in [3.05, 3.63) is 58.7 Å². The summed E-state index contributed by atoms with van der Waals surface area (Å²) in [5.41, 5.74) is 5.97. The lowest BCUT2D eigenvalue weighted by Crippen LogP contribution is -2.37. The molecule has 2 atom stereocenters. The van der Waals surface area contributed by atoms with Gasteiger partial charge in [-0.15, -0.1) is 0 Å². The molecule has 2 aliphatic rings. The molecular formula is C23H28FN3O. The van der Waals surface area contributed by atoms with Crippen LogP contribution in [0, 0.1) is 11.7 Å². The highest BCUT2D eigenvalue weighted by molar-refractivity contribution is 5.83. The molecule has 0 N–H and O–H groups in total. The van der Waals surface area contributed by atoms with Crippen molar-refractivity contribution in [2.45, 2.75) is 52.4 Å². The normalized spacial score (nSPS) is 20.9. The molecule has 5 heteroatoms. The van der Waals surface area contributed by atoms with Gasteiger partial charge in [0, 0.05) is 31.0 Å². The van der Waals surface area contributed by atoms with Gasteiger partial charge in [-0.05, 0) is 50.5 Å². The van der Waals surface area contributed by atoms with E-state index in [4.69, 9.17) is 0 Å². The highest BCUT2D eigenvalue weighted by Crippen LogP contribution is 2.47. The Labute approximate surface area is 166 Å². The Bertz CT molecular complexity index is 912. The standard InChI is InChI=1S/C23H28FN3O/c1-4-12-26(5-2)23(28)19-11-6-16-13-21-20(15(3)22(16)19)14-25-27(21)18-9-7-17(24)8-10-18/h7-10,14-15,19H,4-6,11-13H2,1-3H3/t15-,19+/m0/s1. The molecule has 2 aromatic rings. The zero-order valence-electron chi connectivity index (χ0n) is 16.9. The zero-order chi connectivity index (χ0) is 19.8. The first kappa shape index (κ1) is 18.9. The van der Waals surface area contributed by atoms with E-state index in [0.717, 1.165) is 44.5 Å². The lowest BCUT2D eigenvalue weighted by molar-refractivity contribution is -0.134. The molecule has 0 spiro atoms. The molecule has 0 unspecified atom stereocenters. The number of allylic oxidation sites excluding steroid dienone is 1. The maximum absolute atomic E-state index is 13.3. The molecule has 4 nitrogen and oxygen atoms in total. The summed E-state index contributed by atoms with van der Waals surface area (Å²) in [7, 11) is 0. The molecule has 2 aliphatic carbocycles. The largest absolute Gasteiger partial charge is 0.342 e. The third-order valence-corrected chi connectivity index (χ3v) is 6.29. The SMILES string of the molecule is CCCN(CC)C(=O)[C@@H]1CCC2=C1[C@@H](C)c1cnn(-c3ccc(F)cc3)c1C2. The summed E-state index contributed by atoms with van der Waals surface area (Å²) in [6.07, 6.45) is 5.64.